The molecule has 0 saturated carbocycles. The Morgan fingerprint density at radius 3 is 2.53 bits per heavy atom. The van der Waals surface area contributed by atoms with E-state index in [4.69, 9.17) is 16.3 Å². The molecular formula is C10H15ClN2O4. The molecule has 0 bridgehead atoms. The lowest BCUT2D eigenvalue weighted by Gasteiger charge is -2.06. The van der Waals surface area contributed by atoms with Crippen molar-refractivity contribution >= 4 is 29.5 Å². The van der Waals surface area contributed by atoms with Gasteiger partial charge < -0.3 is 10.1 Å². The van der Waals surface area contributed by atoms with Crippen LogP contribution in [0.3, 0.4) is 0 Å². The lowest BCUT2D eigenvalue weighted by Crippen LogP contribution is -2.41. The molecule has 0 atom stereocenters. The van der Waals surface area contributed by atoms with Gasteiger partial charge in [0, 0.05) is 17.9 Å². The van der Waals surface area contributed by atoms with Crippen molar-refractivity contribution in [3.8, 4) is 0 Å². The number of hydrogen-bond donors (Lipinski definition) is 2. The van der Waals surface area contributed by atoms with E-state index in [-0.39, 0.29) is 31.0 Å². The first kappa shape index (κ1) is 15.4. The molecule has 0 radical (unpaired) electrons. The first-order valence-electron chi connectivity index (χ1n) is 4.93. The summed E-state index contributed by atoms with van der Waals surface area (Å²) in [5, 5.41) is 4.41. The van der Waals surface area contributed by atoms with Crippen molar-refractivity contribution in [2.45, 2.75) is 13.3 Å². The number of rotatable bonds is 6. The summed E-state index contributed by atoms with van der Waals surface area (Å²) in [6.45, 7) is 5.05. The lowest BCUT2D eigenvalue weighted by molar-refractivity contribution is -0.138. The zero-order valence-electron chi connectivity index (χ0n) is 9.55. The van der Waals surface area contributed by atoms with Crippen molar-refractivity contribution in [1.82, 2.24) is 10.6 Å². The highest BCUT2D eigenvalue weighted by molar-refractivity contribution is 6.19. The number of nitrogens with one attached hydrogen (secondary N) is 2. The second kappa shape index (κ2) is 8.58. The van der Waals surface area contributed by atoms with E-state index in [0.29, 0.717) is 0 Å². The van der Waals surface area contributed by atoms with E-state index in [9.17, 15) is 14.4 Å². The Morgan fingerprint density at radius 1 is 1.35 bits per heavy atom. The average Bonchev–Trinajstić information content (AvgIpc) is 2.24. The molecule has 0 aromatic carbocycles. The maximum absolute atomic E-state index is 11.1. The Hall–Kier alpha value is -1.56. The predicted octanol–water partition coefficient (Wildman–Crippen LogP) is 0.560. The van der Waals surface area contributed by atoms with Gasteiger partial charge in [0.1, 0.15) is 6.61 Å². The highest BCUT2D eigenvalue weighted by atomic mass is 35.5. The SMILES string of the molecule is C=C(C)C(=O)OCCNC(=O)NC(=O)CCCl. The standard InChI is InChI=1S/C10H15ClN2O4/c1-7(2)9(15)17-6-5-12-10(16)13-8(14)3-4-11/h1,3-6H2,2H3,(H2,12,13,14,16). The quantitative estimate of drug-likeness (QED) is 0.317. The van der Waals surface area contributed by atoms with Crippen LogP contribution < -0.4 is 10.6 Å². The van der Waals surface area contributed by atoms with Gasteiger partial charge in [-0.3, -0.25) is 10.1 Å². The van der Waals surface area contributed by atoms with Crippen molar-refractivity contribution in [3.05, 3.63) is 12.2 Å². The number of urea groups is 1. The Morgan fingerprint density at radius 2 is 2.00 bits per heavy atom. The van der Waals surface area contributed by atoms with Gasteiger partial charge in [0.2, 0.25) is 5.91 Å². The summed E-state index contributed by atoms with van der Waals surface area (Å²) in [4.78, 5) is 32.9. The van der Waals surface area contributed by atoms with Gasteiger partial charge >= 0.3 is 12.0 Å². The zero-order chi connectivity index (χ0) is 13.3. The highest BCUT2D eigenvalue weighted by Gasteiger charge is 2.06. The van der Waals surface area contributed by atoms with Crippen LogP contribution in [0.5, 0.6) is 0 Å². The normalized spacial score (nSPS) is 9.29. The molecule has 0 spiro atoms. The van der Waals surface area contributed by atoms with Crippen LogP contribution in [0.2, 0.25) is 0 Å². The van der Waals surface area contributed by atoms with Gasteiger partial charge in [0.15, 0.2) is 0 Å². The molecule has 0 aliphatic carbocycles. The Labute approximate surface area is 104 Å². The number of halogens is 1. The van der Waals surface area contributed by atoms with Crippen molar-refractivity contribution in [3.63, 3.8) is 0 Å². The zero-order valence-corrected chi connectivity index (χ0v) is 10.3. The van der Waals surface area contributed by atoms with Crippen LogP contribution >= 0.6 is 11.6 Å². The Bertz CT molecular complexity index is 317. The second-order valence-electron chi connectivity index (χ2n) is 3.16. The second-order valence-corrected chi connectivity index (χ2v) is 3.54. The van der Waals surface area contributed by atoms with Crippen LogP contribution in [0.15, 0.2) is 12.2 Å². The molecule has 0 saturated heterocycles. The number of carbonyl (C=O) groups excluding carboxylic acids is 3. The summed E-state index contributed by atoms with van der Waals surface area (Å²) in [6, 6.07) is -0.647. The molecule has 0 fully saturated rings. The minimum atomic E-state index is -0.647. The van der Waals surface area contributed by atoms with E-state index in [1.165, 1.54) is 6.92 Å². The van der Waals surface area contributed by atoms with Gasteiger partial charge in [-0.1, -0.05) is 6.58 Å². The number of hydrogen-bond acceptors (Lipinski definition) is 4. The van der Waals surface area contributed by atoms with Crippen molar-refractivity contribution in [2.75, 3.05) is 19.0 Å². The largest absolute Gasteiger partial charge is 0.460 e. The number of esters is 1. The third-order valence-corrected chi connectivity index (χ3v) is 1.73. The fraction of sp³-hybridized carbons (Fsp3) is 0.500. The molecule has 0 aromatic heterocycles. The summed E-state index contributed by atoms with van der Waals surface area (Å²) in [5.41, 5.74) is 0.284. The van der Waals surface area contributed by atoms with Crippen LogP contribution in [-0.4, -0.2) is 36.9 Å². The summed E-state index contributed by atoms with van der Waals surface area (Å²) < 4.78 is 4.72. The van der Waals surface area contributed by atoms with Gasteiger partial charge in [0.05, 0.1) is 6.54 Å². The molecule has 3 amide bonds. The van der Waals surface area contributed by atoms with Gasteiger partial charge in [-0.2, -0.15) is 0 Å². The van der Waals surface area contributed by atoms with E-state index >= 15 is 0 Å². The number of amides is 3. The minimum Gasteiger partial charge on any atom is -0.460 e. The third-order valence-electron chi connectivity index (χ3n) is 1.54. The topological polar surface area (TPSA) is 84.5 Å². The van der Waals surface area contributed by atoms with E-state index < -0.39 is 17.9 Å². The predicted molar refractivity (Wildman–Crippen MR) is 62.7 cm³/mol. The minimum absolute atomic E-state index is 0.0167. The number of ether oxygens (including phenoxy) is 1. The van der Waals surface area contributed by atoms with Gasteiger partial charge in [0.25, 0.3) is 0 Å². The summed E-state index contributed by atoms with van der Waals surface area (Å²) in [5.74, 6) is -0.836. The van der Waals surface area contributed by atoms with E-state index in [0.717, 1.165) is 0 Å². The molecule has 0 heterocycles. The van der Waals surface area contributed by atoms with E-state index in [1.54, 1.807) is 0 Å². The lowest BCUT2D eigenvalue weighted by atomic mass is 10.4. The van der Waals surface area contributed by atoms with Gasteiger partial charge in [-0.15, -0.1) is 11.6 Å². The maximum Gasteiger partial charge on any atom is 0.333 e. The molecule has 0 unspecified atom stereocenters. The van der Waals surface area contributed by atoms with Gasteiger partial charge in [-0.25, -0.2) is 9.59 Å². The molecule has 96 valence electrons. The molecule has 0 rings (SSSR count). The number of carbonyl (C=O) groups is 3. The molecule has 7 heteroatoms. The first-order valence-corrected chi connectivity index (χ1v) is 5.47. The number of alkyl halides is 1. The van der Waals surface area contributed by atoms with E-state index in [1.807, 2.05) is 0 Å². The van der Waals surface area contributed by atoms with Crippen molar-refractivity contribution in [2.24, 2.45) is 0 Å². The average molecular weight is 263 g/mol. The molecular weight excluding hydrogens is 248 g/mol. The molecule has 0 aliphatic rings. The van der Waals surface area contributed by atoms with E-state index in [2.05, 4.69) is 17.2 Å². The van der Waals surface area contributed by atoms with Crippen LogP contribution in [-0.2, 0) is 14.3 Å². The monoisotopic (exact) mass is 262 g/mol. The fourth-order valence-electron chi connectivity index (χ4n) is 0.751. The van der Waals surface area contributed by atoms with Crippen molar-refractivity contribution in [1.29, 1.82) is 0 Å². The Kier molecular flexibility index (Phi) is 7.79. The smallest absolute Gasteiger partial charge is 0.333 e. The molecule has 0 aliphatic heterocycles. The van der Waals surface area contributed by atoms with Crippen LogP contribution in [0, 0.1) is 0 Å². The first-order chi connectivity index (χ1) is 7.97. The van der Waals surface area contributed by atoms with Crippen LogP contribution in [0.25, 0.3) is 0 Å². The summed E-state index contributed by atoms with van der Waals surface area (Å²) in [6.07, 6.45) is 0.0691. The Balaban J connectivity index is 3.62. The highest BCUT2D eigenvalue weighted by Crippen LogP contribution is 1.90. The van der Waals surface area contributed by atoms with Crippen molar-refractivity contribution < 1.29 is 19.1 Å². The van der Waals surface area contributed by atoms with Gasteiger partial charge in [-0.05, 0) is 6.92 Å². The third kappa shape index (κ3) is 8.27. The molecule has 0 aromatic rings. The van der Waals surface area contributed by atoms with Crippen LogP contribution in [0.4, 0.5) is 4.79 Å². The molecule has 17 heavy (non-hydrogen) atoms. The molecule has 6 nitrogen and oxygen atoms in total. The number of imide groups is 1. The maximum atomic E-state index is 11.1. The fourth-order valence-corrected chi connectivity index (χ4v) is 0.922. The summed E-state index contributed by atoms with van der Waals surface area (Å²) >= 11 is 5.31. The van der Waals surface area contributed by atoms with Crippen LogP contribution in [0.1, 0.15) is 13.3 Å². The molecule has 2 N–H and O–H groups in total. The summed E-state index contributed by atoms with van der Waals surface area (Å²) in [7, 11) is 0.